The first-order chi connectivity index (χ1) is 11.2. The molecule has 0 bridgehead atoms. The van der Waals surface area contributed by atoms with Gasteiger partial charge in [0.25, 0.3) is 0 Å². The van der Waals surface area contributed by atoms with Gasteiger partial charge >= 0.3 is 12.1 Å². The van der Waals surface area contributed by atoms with Gasteiger partial charge in [-0.2, -0.15) is 13.2 Å². The average Bonchev–Trinajstić information content (AvgIpc) is 2.51. The Bertz CT molecular complexity index is 578. The molecule has 8 heteroatoms. The first kappa shape index (κ1) is 20.5. The third-order valence-corrected chi connectivity index (χ3v) is 4.30. The van der Waals surface area contributed by atoms with Gasteiger partial charge in [0, 0.05) is 10.4 Å². The first-order valence-corrected chi connectivity index (χ1v) is 8.15. The molecule has 134 valence electrons. The lowest BCUT2D eigenvalue weighted by Crippen LogP contribution is -2.46. The van der Waals surface area contributed by atoms with E-state index in [1.807, 2.05) is 24.3 Å². The van der Waals surface area contributed by atoms with E-state index in [4.69, 9.17) is 0 Å². The van der Waals surface area contributed by atoms with Gasteiger partial charge in [-0.1, -0.05) is 41.1 Å². The number of rotatable bonds is 7. The molecule has 1 aromatic carbocycles. The summed E-state index contributed by atoms with van der Waals surface area (Å²) in [7, 11) is 0.982. The molecule has 1 rings (SSSR count). The van der Waals surface area contributed by atoms with Crippen molar-refractivity contribution in [3.63, 3.8) is 0 Å². The van der Waals surface area contributed by atoms with Crippen LogP contribution >= 0.6 is 15.9 Å². The molecule has 2 unspecified atom stereocenters. The van der Waals surface area contributed by atoms with Crippen molar-refractivity contribution in [2.45, 2.75) is 38.4 Å². The fraction of sp³-hybridized carbons (Fsp3) is 0.500. The Labute approximate surface area is 146 Å². The van der Waals surface area contributed by atoms with E-state index in [2.05, 4.69) is 26.0 Å². The number of esters is 1. The minimum atomic E-state index is -4.59. The molecule has 4 nitrogen and oxygen atoms in total. The van der Waals surface area contributed by atoms with Crippen molar-refractivity contribution in [1.29, 1.82) is 0 Å². The Morgan fingerprint density at radius 2 is 1.92 bits per heavy atom. The molecule has 0 aliphatic heterocycles. The summed E-state index contributed by atoms with van der Waals surface area (Å²) in [5.74, 6) is -2.27. The van der Waals surface area contributed by atoms with Crippen LogP contribution < -0.4 is 5.32 Å². The van der Waals surface area contributed by atoms with E-state index >= 15 is 0 Å². The van der Waals surface area contributed by atoms with E-state index in [-0.39, 0.29) is 0 Å². The zero-order valence-electron chi connectivity index (χ0n) is 13.3. The second-order valence-electron chi connectivity index (χ2n) is 5.30. The second kappa shape index (κ2) is 9.05. The molecule has 0 saturated heterocycles. The van der Waals surface area contributed by atoms with Gasteiger partial charge in [-0.3, -0.25) is 4.79 Å². The van der Waals surface area contributed by atoms with Crippen molar-refractivity contribution in [3.8, 4) is 0 Å². The summed E-state index contributed by atoms with van der Waals surface area (Å²) in [4.78, 5) is 23.8. The third-order valence-electron chi connectivity index (χ3n) is 3.53. The SMILES string of the molecule is CCC(Cc1ccccc1Br)C(=O)NC(CC(F)(F)F)C(=O)OC. The zero-order chi connectivity index (χ0) is 18.3. The topological polar surface area (TPSA) is 55.4 Å². The third kappa shape index (κ3) is 6.51. The van der Waals surface area contributed by atoms with Crippen molar-refractivity contribution < 1.29 is 27.5 Å². The molecule has 0 fully saturated rings. The molecule has 1 aromatic rings. The number of hydrogen-bond donors (Lipinski definition) is 1. The van der Waals surface area contributed by atoms with Crippen LogP contribution in [0.5, 0.6) is 0 Å². The quantitative estimate of drug-likeness (QED) is 0.699. The van der Waals surface area contributed by atoms with Crippen LogP contribution in [0.15, 0.2) is 28.7 Å². The molecule has 0 saturated carbocycles. The van der Waals surface area contributed by atoms with Gasteiger partial charge in [0.2, 0.25) is 5.91 Å². The number of nitrogens with one attached hydrogen (secondary N) is 1. The van der Waals surface area contributed by atoms with Crippen LogP contribution in [-0.2, 0) is 20.7 Å². The van der Waals surface area contributed by atoms with Crippen LogP contribution in [0.25, 0.3) is 0 Å². The van der Waals surface area contributed by atoms with Crippen molar-refractivity contribution in [2.75, 3.05) is 7.11 Å². The Balaban J connectivity index is 2.83. The molecule has 1 N–H and O–H groups in total. The minimum Gasteiger partial charge on any atom is -0.467 e. The van der Waals surface area contributed by atoms with Gasteiger partial charge in [0.15, 0.2) is 0 Å². The van der Waals surface area contributed by atoms with E-state index in [0.717, 1.165) is 17.1 Å². The summed E-state index contributed by atoms with van der Waals surface area (Å²) in [5, 5.41) is 2.17. The minimum absolute atomic E-state index is 0.351. The number of methoxy groups -OCH3 is 1. The molecule has 1 amide bonds. The van der Waals surface area contributed by atoms with Gasteiger partial charge in [-0.05, 0) is 24.5 Å². The highest BCUT2D eigenvalue weighted by Crippen LogP contribution is 2.24. The maximum absolute atomic E-state index is 12.6. The zero-order valence-corrected chi connectivity index (χ0v) is 14.9. The monoisotopic (exact) mass is 409 g/mol. The summed E-state index contributed by atoms with van der Waals surface area (Å²) in [6, 6.07) is 5.54. The number of ether oxygens (including phenoxy) is 1. The molecule has 0 spiro atoms. The van der Waals surface area contributed by atoms with Crippen molar-refractivity contribution in [1.82, 2.24) is 5.32 Å². The van der Waals surface area contributed by atoms with Gasteiger partial charge in [0.05, 0.1) is 13.5 Å². The Morgan fingerprint density at radius 3 is 2.42 bits per heavy atom. The molecule has 0 heterocycles. The van der Waals surface area contributed by atoms with Crippen molar-refractivity contribution >= 4 is 27.8 Å². The predicted octanol–water partition coefficient (Wildman–Crippen LogP) is 3.63. The maximum Gasteiger partial charge on any atom is 0.391 e. The molecule has 2 atom stereocenters. The number of hydrogen-bond acceptors (Lipinski definition) is 3. The average molecular weight is 410 g/mol. The van der Waals surface area contributed by atoms with Gasteiger partial charge in [0.1, 0.15) is 6.04 Å². The molecule has 0 aliphatic rings. The molecular weight excluding hydrogens is 391 g/mol. The summed E-state index contributed by atoms with van der Waals surface area (Å²) >= 11 is 3.37. The Hall–Kier alpha value is -1.57. The van der Waals surface area contributed by atoms with Crippen molar-refractivity contribution in [3.05, 3.63) is 34.3 Å². The lowest BCUT2D eigenvalue weighted by Gasteiger charge is -2.21. The number of halogens is 4. The standard InChI is InChI=1S/C16H19BrF3NO3/c1-3-10(8-11-6-4-5-7-12(11)17)14(22)21-13(15(23)24-2)9-16(18,19)20/h4-7,10,13H,3,8-9H2,1-2H3,(H,21,22). The van der Waals surface area contributed by atoms with Gasteiger partial charge in [-0.15, -0.1) is 0 Å². The molecule has 0 aliphatic carbocycles. The highest BCUT2D eigenvalue weighted by Gasteiger charge is 2.37. The fourth-order valence-corrected chi connectivity index (χ4v) is 2.66. The van der Waals surface area contributed by atoms with Crippen LogP contribution in [0.1, 0.15) is 25.3 Å². The predicted molar refractivity (Wildman–Crippen MR) is 86.2 cm³/mol. The molecule has 24 heavy (non-hydrogen) atoms. The van der Waals surface area contributed by atoms with E-state index in [1.54, 1.807) is 6.92 Å². The largest absolute Gasteiger partial charge is 0.467 e. The lowest BCUT2D eigenvalue weighted by atomic mass is 9.95. The molecular formula is C16H19BrF3NO3. The van der Waals surface area contributed by atoms with E-state index in [9.17, 15) is 22.8 Å². The van der Waals surface area contributed by atoms with Crippen LogP contribution in [-0.4, -0.2) is 31.2 Å². The van der Waals surface area contributed by atoms with E-state index < -0.39 is 36.4 Å². The number of carbonyl (C=O) groups is 2. The highest BCUT2D eigenvalue weighted by atomic mass is 79.9. The first-order valence-electron chi connectivity index (χ1n) is 7.36. The molecule has 0 radical (unpaired) electrons. The van der Waals surface area contributed by atoms with Crippen LogP contribution in [0.3, 0.4) is 0 Å². The number of amides is 1. The lowest BCUT2D eigenvalue weighted by molar-refractivity contribution is -0.162. The van der Waals surface area contributed by atoms with Gasteiger partial charge < -0.3 is 10.1 Å². The highest BCUT2D eigenvalue weighted by molar-refractivity contribution is 9.10. The normalized spacial score (nSPS) is 13.9. The second-order valence-corrected chi connectivity index (χ2v) is 6.16. The maximum atomic E-state index is 12.6. The molecule has 0 aromatic heterocycles. The number of benzene rings is 1. The fourth-order valence-electron chi connectivity index (χ4n) is 2.21. The summed E-state index contributed by atoms with van der Waals surface area (Å²) in [6.07, 6.45) is -5.27. The van der Waals surface area contributed by atoms with E-state index in [0.29, 0.717) is 12.8 Å². The smallest absolute Gasteiger partial charge is 0.391 e. The number of carbonyl (C=O) groups excluding carboxylic acids is 2. The van der Waals surface area contributed by atoms with Crippen LogP contribution in [0.4, 0.5) is 13.2 Å². The number of alkyl halides is 3. The van der Waals surface area contributed by atoms with E-state index in [1.165, 1.54) is 0 Å². The van der Waals surface area contributed by atoms with Crippen LogP contribution in [0.2, 0.25) is 0 Å². The van der Waals surface area contributed by atoms with Crippen LogP contribution in [0, 0.1) is 5.92 Å². The van der Waals surface area contributed by atoms with Crippen molar-refractivity contribution in [2.24, 2.45) is 5.92 Å². The summed E-state index contributed by atoms with van der Waals surface area (Å²) < 4.78 is 42.9. The summed E-state index contributed by atoms with van der Waals surface area (Å²) in [5.41, 5.74) is 0.866. The summed E-state index contributed by atoms with van der Waals surface area (Å²) in [6.45, 7) is 1.76. The Morgan fingerprint density at radius 1 is 1.29 bits per heavy atom. The van der Waals surface area contributed by atoms with Gasteiger partial charge in [-0.25, -0.2) is 4.79 Å². The Kier molecular flexibility index (Phi) is 7.72.